The number of benzene rings is 2. The molecule has 5 nitrogen and oxygen atoms in total. The van der Waals surface area contributed by atoms with Gasteiger partial charge in [0.05, 0.1) is 22.3 Å². The molecule has 26 heavy (non-hydrogen) atoms. The Balaban J connectivity index is 1.59. The molecule has 0 aliphatic rings. The van der Waals surface area contributed by atoms with Crippen molar-refractivity contribution in [3.05, 3.63) is 65.5 Å². The van der Waals surface area contributed by atoms with E-state index in [1.165, 1.54) is 22.0 Å². The zero-order chi connectivity index (χ0) is 17.7. The predicted octanol–water partition coefficient (Wildman–Crippen LogP) is 4.67. The highest BCUT2D eigenvalue weighted by molar-refractivity contribution is 7.98. The Morgan fingerprint density at radius 3 is 2.77 bits per heavy atom. The van der Waals surface area contributed by atoms with Gasteiger partial charge in [0.1, 0.15) is 5.82 Å². The van der Waals surface area contributed by atoms with Gasteiger partial charge in [-0.3, -0.25) is 4.40 Å². The molecule has 0 saturated heterocycles. The summed E-state index contributed by atoms with van der Waals surface area (Å²) in [5.41, 5.74) is 6.56. The summed E-state index contributed by atoms with van der Waals surface area (Å²) in [5.74, 6) is 1.66. The van der Waals surface area contributed by atoms with E-state index < -0.39 is 0 Å². The van der Waals surface area contributed by atoms with E-state index in [4.69, 9.17) is 0 Å². The van der Waals surface area contributed by atoms with E-state index in [1.807, 2.05) is 24.3 Å². The van der Waals surface area contributed by atoms with Crippen LogP contribution in [0.5, 0.6) is 0 Å². The summed E-state index contributed by atoms with van der Waals surface area (Å²) in [5, 5.41) is 10.9. The molecule has 0 unspecified atom stereocenters. The highest BCUT2D eigenvalue weighted by Gasteiger charge is 2.14. The molecule has 0 atom stereocenters. The molecule has 0 spiro atoms. The summed E-state index contributed by atoms with van der Waals surface area (Å²) in [4.78, 5) is 8.03. The molecule has 1 N–H and O–H groups in total. The Kier molecular flexibility index (Phi) is 3.46. The van der Waals surface area contributed by atoms with Gasteiger partial charge in [-0.2, -0.15) is 0 Å². The minimum atomic E-state index is 0.719. The van der Waals surface area contributed by atoms with Gasteiger partial charge in [0.15, 0.2) is 10.8 Å². The summed E-state index contributed by atoms with van der Waals surface area (Å²) in [7, 11) is 0. The summed E-state index contributed by atoms with van der Waals surface area (Å²) in [6, 6.07) is 16.6. The third-order valence-electron chi connectivity index (χ3n) is 4.67. The molecule has 5 rings (SSSR count). The first kappa shape index (κ1) is 15.4. The molecule has 0 bridgehead atoms. The number of aryl methyl sites for hydroxylation is 2. The van der Waals surface area contributed by atoms with Crippen molar-refractivity contribution in [2.45, 2.75) is 24.8 Å². The maximum atomic E-state index is 4.65. The lowest BCUT2D eigenvalue weighted by molar-refractivity contribution is 0.935. The van der Waals surface area contributed by atoms with Crippen LogP contribution < -0.4 is 0 Å². The lowest BCUT2D eigenvalue weighted by Crippen LogP contribution is -1.96. The summed E-state index contributed by atoms with van der Waals surface area (Å²) in [6.07, 6.45) is 0. The first-order valence-electron chi connectivity index (χ1n) is 8.51. The molecule has 6 heteroatoms. The Hall–Kier alpha value is -2.86. The lowest BCUT2D eigenvalue weighted by atomic mass is 10.1. The molecule has 3 aromatic heterocycles. The van der Waals surface area contributed by atoms with E-state index in [0.29, 0.717) is 0 Å². The number of hydrogen-bond acceptors (Lipinski definition) is 4. The number of pyridine rings is 1. The maximum absolute atomic E-state index is 4.65. The summed E-state index contributed by atoms with van der Waals surface area (Å²) >= 11 is 1.65. The largest absolute Gasteiger partial charge is 0.341 e. The van der Waals surface area contributed by atoms with Gasteiger partial charge in [-0.15, -0.1) is 10.2 Å². The molecular weight excluding hydrogens is 342 g/mol. The van der Waals surface area contributed by atoms with Crippen molar-refractivity contribution in [2.75, 3.05) is 0 Å². The van der Waals surface area contributed by atoms with Crippen LogP contribution >= 0.6 is 11.8 Å². The number of aromatic nitrogens is 5. The Morgan fingerprint density at radius 2 is 1.88 bits per heavy atom. The molecule has 128 valence electrons. The fourth-order valence-corrected chi connectivity index (χ4v) is 4.25. The van der Waals surface area contributed by atoms with Crippen molar-refractivity contribution in [3.63, 3.8) is 0 Å². The zero-order valence-electron chi connectivity index (χ0n) is 14.5. The van der Waals surface area contributed by atoms with Crippen LogP contribution in [0.15, 0.2) is 53.7 Å². The molecule has 5 aromatic rings. The van der Waals surface area contributed by atoms with Gasteiger partial charge < -0.3 is 4.98 Å². The van der Waals surface area contributed by atoms with Crippen molar-refractivity contribution in [3.8, 4) is 0 Å². The number of rotatable bonds is 3. The maximum Gasteiger partial charge on any atom is 0.196 e. The second-order valence-corrected chi connectivity index (χ2v) is 7.41. The predicted molar refractivity (Wildman–Crippen MR) is 106 cm³/mol. The van der Waals surface area contributed by atoms with Gasteiger partial charge in [-0.25, -0.2) is 4.98 Å². The van der Waals surface area contributed by atoms with Gasteiger partial charge in [0, 0.05) is 5.39 Å². The van der Waals surface area contributed by atoms with E-state index in [9.17, 15) is 0 Å². The molecule has 0 aliphatic carbocycles. The summed E-state index contributed by atoms with van der Waals surface area (Å²) in [6.45, 7) is 4.26. The number of aromatic amines is 1. The minimum Gasteiger partial charge on any atom is -0.341 e. The van der Waals surface area contributed by atoms with Crippen LogP contribution in [0, 0.1) is 13.8 Å². The van der Waals surface area contributed by atoms with E-state index in [2.05, 4.69) is 62.7 Å². The van der Waals surface area contributed by atoms with Gasteiger partial charge >= 0.3 is 0 Å². The molecule has 2 aromatic carbocycles. The second kappa shape index (κ2) is 5.85. The fourth-order valence-electron chi connectivity index (χ4n) is 3.43. The topological polar surface area (TPSA) is 58.9 Å². The van der Waals surface area contributed by atoms with E-state index in [-0.39, 0.29) is 0 Å². The third-order valence-corrected chi connectivity index (χ3v) is 5.61. The van der Waals surface area contributed by atoms with E-state index >= 15 is 0 Å². The van der Waals surface area contributed by atoms with Crippen LogP contribution in [0.3, 0.4) is 0 Å². The van der Waals surface area contributed by atoms with Crippen molar-refractivity contribution < 1.29 is 0 Å². The number of imidazole rings is 1. The molecule has 0 saturated carbocycles. The number of thioether (sulfide) groups is 1. The number of nitrogens with zero attached hydrogens (tertiary/aromatic N) is 4. The monoisotopic (exact) mass is 359 g/mol. The van der Waals surface area contributed by atoms with Crippen molar-refractivity contribution in [1.29, 1.82) is 0 Å². The van der Waals surface area contributed by atoms with Crippen LogP contribution in [0.1, 0.15) is 17.0 Å². The quantitative estimate of drug-likeness (QED) is 0.476. The van der Waals surface area contributed by atoms with E-state index in [1.54, 1.807) is 11.8 Å². The minimum absolute atomic E-state index is 0.719. The number of nitrogens with one attached hydrogen (secondary N) is 1. The number of para-hydroxylation sites is 3. The first-order chi connectivity index (χ1) is 12.7. The smallest absolute Gasteiger partial charge is 0.196 e. The third kappa shape index (κ3) is 2.37. The van der Waals surface area contributed by atoms with Crippen molar-refractivity contribution in [2.24, 2.45) is 0 Å². The number of hydrogen-bond donors (Lipinski definition) is 1. The molecule has 0 amide bonds. The zero-order valence-corrected chi connectivity index (χ0v) is 15.3. The van der Waals surface area contributed by atoms with Gasteiger partial charge in [0.25, 0.3) is 0 Å². The van der Waals surface area contributed by atoms with Gasteiger partial charge in [-0.1, -0.05) is 42.1 Å². The molecule has 0 radical (unpaired) electrons. The SMILES string of the molecule is Cc1cc2nnc(SCc3nc4ccccc4[nH]3)n2c2c(C)cccc12. The van der Waals surface area contributed by atoms with Crippen LogP contribution in [0.2, 0.25) is 0 Å². The molecular formula is C20H17N5S. The van der Waals surface area contributed by atoms with E-state index in [0.717, 1.165) is 33.4 Å². The van der Waals surface area contributed by atoms with Crippen LogP contribution in [-0.2, 0) is 5.75 Å². The average Bonchev–Trinajstić information content (AvgIpc) is 3.23. The summed E-state index contributed by atoms with van der Waals surface area (Å²) < 4.78 is 2.16. The Bertz CT molecular complexity index is 1230. The van der Waals surface area contributed by atoms with Gasteiger partial charge in [0.2, 0.25) is 0 Å². The van der Waals surface area contributed by atoms with Crippen molar-refractivity contribution in [1.82, 2.24) is 24.6 Å². The second-order valence-electron chi connectivity index (χ2n) is 6.46. The highest BCUT2D eigenvalue weighted by Crippen LogP contribution is 2.29. The van der Waals surface area contributed by atoms with Crippen LogP contribution in [0.25, 0.3) is 27.6 Å². The standard InChI is InChI=1S/C20H17N5S/c1-12-6-5-7-14-13(2)10-18-23-24-20(25(18)19(12)14)26-11-17-21-15-8-3-4-9-16(15)22-17/h3-10H,11H2,1-2H3,(H,21,22). The number of fused-ring (bicyclic) bond motifs is 4. The van der Waals surface area contributed by atoms with Gasteiger partial charge in [-0.05, 0) is 43.2 Å². The highest BCUT2D eigenvalue weighted by atomic mass is 32.2. The average molecular weight is 359 g/mol. The number of H-pyrrole nitrogens is 1. The first-order valence-corrected chi connectivity index (χ1v) is 9.50. The normalized spacial score (nSPS) is 11.8. The Morgan fingerprint density at radius 1 is 1.00 bits per heavy atom. The van der Waals surface area contributed by atoms with Crippen LogP contribution in [-0.4, -0.2) is 24.6 Å². The Labute approximate surface area is 154 Å². The van der Waals surface area contributed by atoms with Crippen LogP contribution in [0.4, 0.5) is 0 Å². The van der Waals surface area contributed by atoms with Crippen molar-refractivity contribution >= 4 is 39.3 Å². The molecule has 3 heterocycles. The lowest BCUT2D eigenvalue weighted by Gasteiger charge is -2.09. The molecule has 0 aliphatic heterocycles. The fraction of sp³-hybridized carbons (Fsp3) is 0.150. The molecule has 0 fully saturated rings.